The van der Waals surface area contributed by atoms with E-state index in [4.69, 9.17) is 16.7 Å². The molecule has 0 radical (unpaired) electrons. The molecule has 1 aromatic rings. The summed E-state index contributed by atoms with van der Waals surface area (Å²) in [5.74, 6) is -0.554. The highest BCUT2D eigenvalue weighted by Gasteiger charge is 2.27. The molecule has 1 aliphatic rings. The van der Waals surface area contributed by atoms with Crippen molar-refractivity contribution < 1.29 is 14.7 Å². The normalized spacial score (nSPS) is 17.8. The molecular formula is C11H9ClO3S2. The molecule has 1 aromatic carbocycles. The van der Waals surface area contributed by atoms with E-state index in [0.29, 0.717) is 17.2 Å². The Bertz CT molecular complexity index is 476. The maximum Gasteiger partial charge on any atom is 0.337 e. The first-order valence-electron chi connectivity index (χ1n) is 4.90. The smallest absolute Gasteiger partial charge is 0.337 e. The fraction of sp³-hybridized carbons (Fsp3) is 0.273. The zero-order valence-corrected chi connectivity index (χ0v) is 11.1. The number of benzene rings is 1. The predicted octanol–water partition coefficient (Wildman–Crippen LogP) is 2.94. The first-order valence-corrected chi connectivity index (χ1v) is 7.20. The highest BCUT2D eigenvalue weighted by Crippen LogP contribution is 2.45. The van der Waals surface area contributed by atoms with Gasteiger partial charge in [-0.25, -0.2) is 4.79 Å². The molecule has 1 unspecified atom stereocenters. The van der Waals surface area contributed by atoms with Gasteiger partial charge in [-0.1, -0.05) is 11.6 Å². The number of fused-ring (bicyclic) bond motifs is 1. The summed E-state index contributed by atoms with van der Waals surface area (Å²) < 4.78 is 0.247. The minimum atomic E-state index is -1.01. The van der Waals surface area contributed by atoms with E-state index in [1.165, 1.54) is 6.07 Å². The van der Waals surface area contributed by atoms with Crippen LogP contribution in [0.15, 0.2) is 17.0 Å². The molecule has 0 saturated carbocycles. The van der Waals surface area contributed by atoms with Crippen LogP contribution in [-0.4, -0.2) is 27.7 Å². The van der Waals surface area contributed by atoms with Crippen LogP contribution in [0.3, 0.4) is 0 Å². The van der Waals surface area contributed by atoms with E-state index in [2.05, 4.69) is 0 Å². The molecule has 90 valence electrons. The van der Waals surface area contributed by atoms with E-state index in [0.717, 1.165) is 16.7 Å². The van der Waals surface area contributed by atoms with Gasteiger partial charge in [0.15, 0.2) is 0 Å². The Balaban J connectivity index is 2.24. The van der Waals surface area contributed by atoms with Gasteiger partial charge in [0.2, 0.25) is 0 Å². The van der Waals surface area contributed by atoms with Gasteiger partial charge in [0, 0.05) is 4.90 Å². The minimum Gasteiger partial charge on any atom is -0.478 e. The summed E-state index contributed by atoms with van der Waals surface area (Å²) in [5, 5.41) is 9.29. The lowest BCUT2D eigenvalue weighted by atomic mass is 10.1. The number of hydrogen-bond acceptors (Lipinski definition) is 4. The molecule has 0 fully saturated rings. The Labute approximate surface area is 112 Å². The maximum atomic E-state index is 10.9. The van der Waals surface area contributed by atoms with Crippen molar-refractivity contribution in [2.45, 2.75) is 15.9 Å². The largest absolute Gasteiger partial charge is 0.478 e. The number of aldehydes is 1. The van der Waals surface area contributed by atoms with Crippen LogP contribution < -0.4 is 0 Å². The Morgan fingerprint density at radius 1 is 1.65 bits per heavy atom. The number of carbonyl (C=O) groups excluding carboxylic acids is 1. The molecule has 1 atom stereocenters. The number of rotatable bonds is 4. The molecule has 0 saturated heterocycles. The van der Waals surface area contributed by atoms with Crippen LogP contribution in [0.1, 0.15) is 15.9 Å². The fourth-order valence-electron chi connectivity index (χ4n) is 1.66. The number of carboxylic acids is 1. The van der Waals surface area contributed by atoms with E-state index in [1.807, 2.05) is 0 Å². The summed E-state index contributed by atoms with van der Waals surface area (Å²) >= 11 is 9.27. The molecule has 0 aliphatic carbocycles. The van der Waals surface area contributed by atoms with E-state index in [1.54, 1.807) is 29.6 Å². The molecule has 0 amide bonds. The van der Waals surface area contributed by atoms with Crippen LogP contribution in [-0.2, 0) is 11.2 Å². The number of aromatic carboxylic acids is 1. The van der Waals surface area contributed by atoms with Crippen LogP contribution in [0.5, 0.6) is 0 Å². The monoisotopic (exact) mass is 288 g/mol. The molecule has 17 heavy (non-hydrogen) atoms. The highest BCUT2D eigenvalue weighted by molar-refractivity contribution is 8.17. The van der Waals surface area contributed by atoms with Crippen LogP contribution >= 0.6 is 35.1 Å². The lowest BCUT2D eigenvalue weighted by Gasteiger charge is -2.04. The summed E-state index contributed by atoms with van der Waals surface area (Å²) in [6, 6.07) is 3.32. The molecule has 0 aromatic heterocycles. The van der Waals surface area contributed by atoms with Gasteiger partial charge >= 0.3 is 5.97 Å². The highest BCUT2D eigenvalue weighted by atomic mass is 35.5. The summed E-state index contributed by atoms with van der Waals surface area (Å²) in [5.41, 5.74) is 1.03. The second kappa shape index (κ2) is 5.33. The molecule has 2 rings (SSSR count). The molecule has 6 heteroatoms. The van der Waals surface area contributed by atoms with Crippen molar-refractivity contribution in [2.75, 3.05) is 5.75 Å². The first-order chi connectivity index (χ1) is 8.13. The molecule has 1 aliphatic heterocycles. The van der Waals surface area contributed by atoms with Crippen molar-refractivity contribution in [3.8, 4) is 0 Å². The summed E-state index contributed by atoms with van der Waals surface area (Å²) in [7, 11) is 0. The Kier molecular flexibility index (Phi) is 4.01. The van der Waals surface area contributed by atoms with Crippen molar-refractivity contribution in [3.05, 3.63) is 28.3 Å². The molecular weight excluding hydrogens is 280 g/mol. The number of carboxylic acid groups (broad SMARTS) is 1. The van der Waals surface area contributed by atoms with Crippen molar-refractivity contribution in [3.63, 3.8) is 0 Å². The zero-order valence-electron chi connectivity index (χ0n) is 8.68. The number of thioether (sulfide) groups is 2. The third kappa shape index (κ3) is 2.61. The average molecular weight is 289 g/mol. The predicted molar refractivity (Wildman–Crippen MR) is 70.3 cm³/mol. The molecule has 1 N–H and O–H groups in total. The van der Waals surface area contributed by atoms with Crippen molar-refractivity contribution >= 4 is 47.4 Å². The average Bonchev–Trinajstić information content (AvgIpc) is 2.70. The minimum absolute atomic E-state index is 0.145. The zero-order chi connectivity index (χ0) is 12.4. The summed E-state index contributed by atoms with van der Waals surface area (Å²) in [6.07, 6.45) is 1.58. The Morgan fingerprint density at radius 2 is 2.41 bits per heavy atom. The first kappa shape index (κ1) is 12.8. The van der Waals surface area contributed by atoms with Gasteiger partial charge in [-0.05, 0) is 24.1 Å². The van der Waals surface area contributed by atoms with Crippen LogP contribution in [0.25, 0.3) is 0 Å². The topological polar surface area (TPSA) is 54.4 Å². The standard InChI is InChI=1S/C11H9ClO3S2/c12-10-6(11(14)15)1-2-8-7(10)5-9(17-8)16-4-3-13/h1-3,9H,4-5H2,(H,14,15). The SMILES string of the molecule is O=CCSC1Cc2c(ccc(C(=O)O)c2Cl)S1. The van der Waals surface area contributed by atoms with Crippen LogP contribution in [0.4, 0.5) is 0 Å². The maximum absolute atomic E-state index is 10.9. The number of carbonyl (C=O) groups is 2. The molecule has 0 bridgehead atoms. The van der Waals surface area contributed by atoms with E-state index >= 15 is 0 Å². The van der Waals surface area contributed by atoms with Crippen molar-refractivity contribution in [1.82, 2.24) is 0 Å². The third-order valence-electron chi connectivity index (χ3n) is 2.41. The van der Waals surface area contributed by atoms with Crippen molar-refractivity contribution in [1.29, 1.82) is 0 Å². The fourth-order valence-corrected chi connectivity index (χ4v) is 4.44. The molecule has 0 spiro atoms. The van der Waals surface area contributed by atoms with Gasteiger partial charge in [-0.2, -0.15) is 0 Å². The second-order valence-electron chi connectivity index (χ2n) is 3.46. The molecule has 3 nitrogen and oxygen atoms in total. The van der Waals surface area contributed by atoms with Gasteiger partial charge in [0.05, 0.1) is 20.9 Å². The van der Waals surface area contributed by atoms with Crippen molar-refractivity contribution in [2.24, 2.45) is 0 Å². The van der Waals surface area contributed by atoms with Gasteiger partial charge < -0.3 is 9.90 Å². The quantitative estimate of drug-likeness (QED) is 0.863. The Hall–Kier alpha value is -0.650. The number of halogens is 1. The van der Waals surface area contributed by atoms with Gasteiger partial charge in [-0.3, -0.25) is 0 Å². The molecule has 1 heterocycles. The second-order valence-corrected chi connectivity index (χ2v) is 6.62. The Morgan fingerprint density at radius 3 is 3.06 bits per heavy atom. The third-order valence-corrected chi connectivity index (χ3v) is 5.47. The lowest BCUT2D eigenvalue weighted by molar-refractivity contribution is -0.105. The van der Waals surface area contributed by atoms with Crippen LogP contribution in [0, 0.1) is 0 Å². The van der Waals surface area contributed by atoms with Gasteiger partial charge in [0.1, 0.15) is 6.29 Å². The van der Waals surface area contributed by atoms with Gasteiger partial charge in [0.25, 0.3) is 0 Å². The van der Waals surface area contributed by atoms with E-state index < -0.39 is 5.97 Å². The number of hydrogen-bond donors (Lipinski definition) is 1. The van der Waals surface area contributed by atoms with Gasteiger partial charge in [-0.15, -0.1) is 23.5 Å². The lowest BCUT2D eigenvalue weighted by Crippen LogP contribution is -2.01. The van der Waals surface area contributed by atoms with Crippen LogP contribution in [0.2, 0.25) is 5.02 Å². The summed E-state index contributed by atoms with van der Waals surface area (Å²) in [6.45, 7) is 0. The van der Waals surface area contributed by atoms with E-state index in [-0.39, 0.29) is 10.1 Å². The van der Waals surface area contributed by atoms with E-state index in [9.17, 15) is 9.59 Å². The summed E-state index contributed by atoms with van der Waals surface area (Å²) in [4.78, 5) is 22.3.